The van der Waals surface area contributed by atoms with Crippen molar-refractivity contribution in [2.24, 2.45) is 0 Å². The van der Waals surface area contributed by atoms with E-state index in [4.69, 9.17) is 32.7 Å². The van der Waals surface area contributed by atoms with Gasteiger partial charge in [0.1, 0.15) is 11.9 Å². The molecule has 1 aromatic carbocycles. The molecule has 0 saturated heterocycles. The fourth-order valence-electron chi connectivity index (χ4n) is 3.04. The highest BCUT2D eigenvalue weighted by Gasteiger charge is 2.33. The third kappa shape index (κ3) is 5.72. The van der Waals surface area contributed by atoms with Gasteiger partial charge in [0.05, 0.1) is 17.4 Å². The van der Waals surface area contributed by atoms with Crippen molar-refractivity contribution < 1.29 is 14.3 Å². The third-order valence-electron chi connectivity index (χ3n) is 4.61. The van der Waals surface area contributed by atoms with Crippen molar-refractivity contribution >= 4 is 29.1 Å². The maximum Gasteiger partial charge on any atom is 0.316 e. The average molecular weight is 424 g/mol. The molecule has 1 fully saturated rings. The second-order valence-corrected chi connectivity index (χ2v) is 8.19. The lowest BCUT2D eigenvalue weighted by Gasteiger charge is -2.32. The Morgan fingerprint density at radius 1 is 1.04 bits per heavy atom. The molecule has 1 saturated carbocycles. The van der Waals surface area contributed by atoms with Crippen LogP contribution < -0.4 is 14.8 Å². The molecule has 0 aliphatic heterocycles. The first-order chi connectivity index (χ1) is 13.3. The summed E-state index contributed by atoms with van der Waals surface area (Å²) in [6, 6.07) is 7.38. The van der Waals surface area contributed by atoms with E-state index in [-0.39, 0.29) is 18.1 Å². The number of carbonyl (C=O) groups is 1. The van der Waals surface area contributed by atoms with Crippen LogP contribution in [0.1, 0.15) is 39.5 Å². The minimum absolute atomic E-state index is 0.0349. The molecule has 0 unspecified atom stereocenters. The number of halogens is 2. The number of nitrogens with zero attached hydrogens (tertiary/aromatic N) is 2. The number of carbonyl (C=O) groups excluding carboxylic acids is 1. The van der Waals surface area contributed by atoms with Crippen LogP contribution in [0.15, 0.2) is 36.7 Å². The lowest BCUT2D eigenvalue weighted by atomic mass is 9.92. The van der Waals surface area contributed by atoms with E-state index in [0.717, 1.165) is 25.7 Å². The summed E-state index contributed by atoms with van der Waals surface area (Å²) in [5.74, 6) is 0.456. The molecule has 0 atom stereocenters. The molecule has 1 amide bonds. The second-order valence-electron chi connectivity index (χ2n) is 7.32. The van der Waals surface area contributed by atoms with Crippen molar-refractivity contribution in [2.45, 2.75) is 57.3 Å². The zero-order valence-electron chi connectivity index (χ0n) is 15.8. The monoisotopic (exact) mass is 423 g/mol. The molecule has 28 heavy (non-hydrogen) atoms. The quantitative estimate of drug-likeness (QED) is 0.742. The standard InChI is InChI=1S/C20H23Cl2N3O3/c1-20(2,28-17-7-3-13(21)4-8-17)18(26)25-15-5-9-16(10-6-15)27-19-23-11-14(22)12-24-19/h3-4,7-8,11-12,15-16H,5-6,9-10H2,1-2H3,(H,25,26). The molecule has 2 aromatic rings. The molecule has 3 rings (SSSR count). The van der Waals surface area contributed by atoms with Crippen molar-refractivity contribution in [1.29, 1.82) is 0 Å². The summed E-state index contributed by atoms with van der Waals surface area (Å²) < 4.78 is 11.6. The molecule has 0 spiro atoms. The number of hydrogen-bond acceptors (Lipinski definition) is 5. The van der Waals surface area contributed by atoms with Crippen molar-refractivity contribution in [2.75, 3.05) is 0 Å². The topological polar surface area (TPSA) is 73.3 Å². The normalized spacial score (nSPS) is 19.7. The number of amides is 1. The van der Waals surface area contributed by atoms with E-state index >= 15 is 0 Å². The van der Waals surface area contributed by atoms with Gasteiger partial charge in [-0.15, -0.1) is 0 Å². The molecule has 150 valence electrons. The van der Waals surface area contributed by atoms with Crippen LogP contribution in [0.5, 0.6) is 11.8 Å². The number of rotatable bonds is 6. The minimum atomic E-state index is -0.988. The zero-order chi connectivity index (χ0) is 20.1. The van der Waals surface area contributed by atoms with Gasteiger partial charge in [0.25, 0.3) is 5.91 Å². The Balaban J connectivity index is 1.47. The van der Waals surface area contributed by atoms with Crippen LogP contribution in [0.4, 0.5) is 0 Å². The van der Waals surface area contributed by atoms with Crippen molar-refractivity contribution in [1.82, 2.24) is 15.3 Å². The minimum Gasteiger partial charge on any atom is -0.478 e. The van der Waals surface area contributed by atoms with E-state index in [1.165, 1.54) is 12.4 Å². The Morgan fingerprint density at radius 2 is 1.64 bits per heavy atom. The van der Waals surface area contributed by atoms with Gasteiger partial charge in [-0.25, -0.2) is 9.97 Å². The Labute approximate surface area is 174 Å². The summed E-state index contributed by atoms with van der Waals surface area (Å²) in [6.45, 7) is 3.51. The van der Waals surface area contributed by atoms with Gasteiger partial charge in [0.2, 0.25) is 0 Å². The number of nitrogens with one attached hydrogen (secondary N) is 1. The van der Waals surface area contributed by atoms with Gasteiger partial charge in [-0.05, 0) is 63.8 Å². The predicted molar refractivity (Wildman–Crippen MR) is 108 cm³/mol. The maximum absolute atomic E-state index is 12.7. The van der Waals surface area contributed by atoms with Crippen LogP contribution in [0.3, 0.4) is 0 Å². The summed E-state index contributed by atoms with van der Waals surface area (Å²) in [7, 11) is 0. The summed E-state index contributed by atoms with van der Waals surface area (Å²) in [5.41, 5.74) is -0.988. The molecule has 1 aliphatic carbocycles. The van der Waals surface area contributed by atoms with Gasteiger partial charge in [-0.3, -0.25) is 4.79 Å². The van der Waals surface area contributed by atoms with Crippen LogP contribution in [0, 0.1) is 0 Å². The third-order valence-corrected chi connectivity index (χ3v) is 5.06. The van der Waals surface area contributed by atoms with Crippen molar-refractivity contribution in [3.63, 3.8) is 0 Å². The summed E-state index contributed by atoms with van der Waals surface area (Å²) in [6.07, 6.45) is 6.33. The molecule has 1 aromatic heterocycles. The van der Waals surface area contributed by atoms with E-state index in [1.54, 1.807) is 38.1 Å². The Bertz CT molecular complexity index is 789. The van der Waals surface area contributed by atoms with Gasteiger partial charge in [0, 0.05) is 11.1 Å². The maximum atomic E-state index is 12.7. The molecule has 0 radical (unpaired) electrons. The molecular formula is C20H23Cl2N3O3. The zero-order valence-corrected chi connectivity index (χ0v) is 17.3. The first-order valence-corrected chi connectivity index (χ1v) is 9.97. The van der Waals surface area contributed by atoms with Crippen LogP contribution in [0.2, 0.25) is 10.0 Å². The highest BCUT2D eigenvalue weighted by molar-refractivity contribution is 6.30. The van der Waals surface area contributed by atoms with E-state index < -0.39 is 5.60 Å². The molecule has 1 N–H and O–H groups in total. The molecule has 6 nitrogen and oxygen atoms in total. The molecule has 8 heteroatoms. The number of hydrogen-bond donors (Lipinski definition) is 1. The fourth-order valence-corrected chi connectivity index (χ4v) is 3.26. The predicted octanol–water partition coefficient (Wildman–Crippen LogP) is 4.45. The van der Waals surface area contributed by atoms with E-state index in [0.29, 0.717) is 21.8 Å². The molecule has 0 bridgehead atoms. The highest BCUT2D eigenvalue weighted by atomic mass is 35.5. The first kappa shape index (κ1) is 20.7. The number of aromatic nitrogens is 2. The van der Waals surface area contributed by atoms with Crippen LogP contribution in [0.25, 0.3) is 0 Å². The number of ether oxygens (including phenoxy) is 2. The van der Waals surface area contributed by atoms with Gasteiger partial charge in [-0.2, -0.15) is 0 Å². The highest BCUT2D eigenvalue weighted by Crippen LogP contribution is 2.25. The van der Waals surface area contributed by atoms with E-state index in [2.05, 4.69) is 15.3 Å². The van der Waals surface area contributed by atoms with E-state index in [1.807, 2.05) is 0 Å². The molecular weight excluding hydrogens is 401 g/mol. The SMILES string of the molecule is CC(C)(Oc1ccc(Cl)cc1)C(=O)NC1CCC(Oc2ncc(Cl)cn2)CC1. The molecule has 1 heterocycles. The first-order valence-electron chi connectivity index (χ1n) is 9.21. The van der Waals surface area contributed by atoms with Crippen molar-refractivity contribution in [3.8, 4) is 11.8 Å². The molecule has 1 aliphatic rings. The lowest BCUT2D eigenvalue weighted by Crippen LogP contribution is -2.51. The Hall–Kier alpha value is -2.05. The largest absolute Gasteiger partial charge is 0.478 e. The number of benzene rings is 1. The van der Waals surface area contributed by atoms with Gasteiger partial charge in [-0.1, -0.05) is 23.2 Å². The summed E-state index contributed by atoms with van der Waals surface area (Å²) in [4.78, 5) is 20.8. The van der Waals surface area contributed by atoms with Gasteiger partial charge < -0.3 is 14.8 Å². The summed E-state index contributed by atoms with van der Waals surface area (Å²) in [5, 5.41) is 4.19. The van der Waals surface area contributed by atoms with Crippen LogP contribution in [-0.2, 0) is 4.79 Å². The average Bonchev–Trinajstić information content (AvgIpc) is 2.67. The van der Waals surface area contributed by atoms with Gasteiger partial charge in [0.15, 0.2) is 5.60 Å². The van der Waals surface area contributed by atoms with Crippen molar-refractivity contribution in [3.05, 3.63) is 46.7 Å². The summed E-state index contributed by atoms with van der Waals surface area (Å²) >= 11 is 11.7. The smallest absolute Gasteiger partial charge is 0.316 e. The Morgan fingerprint density at radius 3 is 2.25 bits per heavy atom. The van der Waals surface area contributed by atoms with Crippen LogP contribution in [-0.4, -0.2) is 33.6 Å². The Kier molecular flexibility index (Phi) is 6.62. The fraction of sp³-hybridized carbons (Fsp3) is 0.450. The van der Waals surface area contributed by atoms with Crippen LogP contribution >= 0.6 is 23.2 Å². The van der Waals surface area contributed by atoms with Gasteiger partial charge >= 0.3 is 6.01 Å². The van der Waals surface area contributed by atoms with E-state index in [9.17, 15) is 4.79 Å². The second kappa shape index (κ2) is 8.97. The lowest BCUT2D eigenvalue weighted by molar-refractivity contribution is -0.135.